The first kappa shape index (κ1) is 14.1. The van der Waals surface area contributed by atoms with Crippen molar-refractivity contribution in [2.75, 3.05) is 20.1 Å². The van der Waals surface area contributed by atoms with Gasteiger partial charge < -0.3 is 5.32 Å². The van der Waals surface area contributed by atoms with Crippen LogP contribution in [0.25, 0.3) is 0 Å². The Morgan fingerprint density at radius 3 is 2.65 bits per heavy atom. The minimum absolute atomic E-state index is 0.548. The first-order chi connectivity index (χ1) is 9.90. The summed E-state index contributed by atoms with van der Waals surface area (Å²) in [6.07, 6.45) is 8.60. The van der Waals surface area contributed by atoms with Crippen LogP contribution in [-0.4, -0.2) is 31.1 Å². The van der Waals surface area contributed by atoms with Crippen molar-refractivity contribution >= 4 is 0 Å². The summed E-state index contributed by atoms with van der Waals surface area (Å²) in [5.41, 5.74) is 1.48. The van der Waals surface area contributed by atoms with Crippen molar-refractivity contribution in [1.82, 2.24) is 10.2 Å². The molecule has 0 spiro atoms. The van der Waals surface area contributed by atoms with Crippen LogP contribution < -0.4 is 5.32 Å². The quantitative estimate of drug-likeness (QED) is 0.901. The Labute approximate surface area is 123 Å². The molecule has 3 atom stereocenters. The highest BCUT2D eigenvalue weighted by atomic mass is 15.2. The van der Waals surface area contributed by atoms with Gasteiger partial charge in [-0.1, -0.05) is 43.2 Å². The number of fused-ring (bicyclic) bond motifs is 1. The third-order valence-electron chi connectivity index (χ3n) is 5.27. The van der Waals surface area contributed by atoms with Crippen LogP contribution >= 0.6 is 0 Å². The van der Waals surface area contributed by atoms with Gasteiger partial charge in [0.15, 0.2) is 0 Å². The Kier molecular flexibility index (Phi) is 4.74. The van der Waals surface area contributed by atoms with Crippen LogP contribution in [0.2, 0.25) is 0 Å². The van der Waals surface area contributed by atoms with E-state index < -0.39 is 0 Å². The number of likely N-dealkylation sites (tertiary alicyclic amines) is 1. The molecule has 0 bridgehead atoms. The van der Waals surface area contributed by atoms with Crippen molar-refractivity contribution in [3.8, 4) is 0 Å². The third kappa shape index (κ3) is 2.91. The summed E-state index contributed by atoms with van der Waals surface area (Å²) in [6, 6.07) is 12.5. The lowest BCUT2D eigenvalue weighted by Crippen LogP contribution is -2.50. The standard InChI is InChI=1S/C18H28N2/c1-19-14-18(16-8-3-2-4-9-16)20-13-7-11-15-10-5-6-12-17(15)20/h2-4,8-9,15,17-19H,5-7,10-14H2,1H3. The normalized spacial score (nSPS) is 28.9. The SMILES string of the molecule is CNCC(c1ccccc1)N1CCCC2CCCCC21. The van der Waals surface area contributed by atoms with Crippen molar-refractivity contribution in [3.05, 3.63) is 35.9 Å². The van der Waals surface area contributed by atoms with Crippen molar-refractivity contribution in [1.29, 1.82) is 0 Å². The van der Waals surface area contributed by atoms with E-state index in [1.165, 1.54) is 50.6 Å². The molecule has 2 nitrogen and oxygen atoms in total. The van der Waals surface area contributed by atoms with Gasteiger partial charge in [-0.15, -0.1) is 0 Å². The van der Waals surface area contributed by atoms with Crippen LogP contribution in [0.1, 0.15) is 50.1 Å². The van der Waals surface area contributed by atoms with E-state index in [-0.39, 0.29) is 0 Å². The Morgan fingerprint density at radius 2 is 1.85 bits per heavy atom. The molecule has 1 saturated carbocycles. The number of benzene rings is 1. The van der Waals surface area contributed by atoms with Crippen molar-refractivity contribution in [2.24, 2.45) is 5.92 Å². The zero-order chi connectivity index (χ0) is 13.8. The molecule has 0 amide bonds. The van der Waals surface area contributed by atoms with E-state index >= 15 is 0 Å². The summed E-state index contributed by atoms with van der Waals surface area (Å²) in [6.45, 7) is 2.34. The van der Waals surface area contributed by atoms with Crippen molar-refractivity contribution in [2.45, 2.75) is 50.6 Å². The van der Waals surface area contributed by atoms with E-state index in [9.17, 15) is 0 Å². The van der Waals surface area contributed by atoms with Crippen molar-refractivity contribution in [3.63, 3.8) is 0 Å². The topological polar surface area (TPSA) is 15.3 Å². The molecule has 3 rings (SSSR count). The van der Waals surface area contributed by atoms with Gasteiger partial charge in [0.1, 0.15) is 0 Å². The molecule has 2 fully saturated rings. The average Bonchev–Trinajstić information content (AvgIpc) is 2.53. The number of likely N-dealkylation sites (N-methyl/N-ethyl adjacent to an activating group) is 1. The maximum atomic E-state index is 3.42. The molecule has 1 heterocycles. The number of nitrogens with one attached hydrogen (secondary N) is 1. The molecule has 110 valence electrons. The molecule has 1 aliphatic carbocycles. The van der Waals surface area contributed by atoms with Crippen LogP contribution in [0, 0.1) is 5.92 Å². The molecule has 0 radical (unpaired) electrons. The van der Waals surface area contributed by atoms with Gasteiger partial charge in [-0.2, -0.15) is 0 Å². The lowest BCUT2D eigenvalue weighted by atomic mass is 9.77. The molecular formula is C18H28N2. The average molecular weight is 272 g/mol. The van der Waals surface area contributed by atoms with Gasteiger partial charge in [0.05, 0.1) is 0 Å². The highest BCUT2D eigenvalue weighted by molar-refractivity contribution is 5.20. The number of piperidine rings is 1. The second kappa shape index (κ2) is 6.73. The van der Waals surface area contributed by atoms with Crippen LogP contribution in [0.3, 0.4) is 0 Å². The summed E-state index contributed by atoms with van der Waals surface area (Å²) in [5.74, 6) is 0.959. The fourth-order valence-electron chi connectivity index (χ4n) is 4.35. The van der Waals surface area contributed by atoms with Gasteiger partial charge in [-0.3, -0.25) is 4.90 Å². The zero-order valence-corrected chi connectivity index (χ0v) is 12.7. The first-order valence-corrected chi connectivity index (χ1v) is 8.35. The number of hydrogen-bond acceptors (Lipinski definition) is 2. The highest BCUT2D eigenvalue weighted by Gasteiger charge is 2.36. The fraction of sp³-hybridized carbons (Fsp3) is 0.667. The number of nitrogens with zero attached hydrogens (tertiary/aromatic N) is 1. The van der Waals surface area contributed by atoms with Crippen LogP contribution in [0.5, 0.6) is 0 Å². The molecule has 2 aliphatic rings. The summed E-state index contributed by atoms with van der Waals surface area (Å²) >= 11 is 0. The van der Waals surface area contributed by atoms with Crippen LogP contribution in [0.15, 0.2) is 30.3 Å². The minimum atomic E-state index is 0.548. The second-order valence-electron chi connectivity index (χ2n) is 6.48. The van der Waals surface area contributed by atoms with E-state index in [2.05, 4.69) is 47.6 Å². The number of rotatable bonds is 4. The lowest BCUT2D eigenvalue weighted by Gasteiger charge is -2.48. The first-order valence-electron chi connectivity index (χ1n) is 8.35. The van der Waals surface area contributed by atoms with Crippen molar-refractivity contribution < 1.29 is 0 Å². The second-order valence-corrected chi connectivity index (χ2v) is 6.48. The van der Waals surface area contributed by atoms with Crippen LogP contribution in [-0.2, 0) is 0 Å². The largest absolute Gasteiger partial charge is 0.318 e. The van der Waals surface area contributed by atoms with Gasteiger partial charge in [0, 0.05) is 18.6 Å². The molecule has 1 aliphatic heterocycles. The van der Waals surface area contributed by atoms with Gasteiger partial charge in [0.2, 0.25) is 0 Å². The van der Waals surface area contributed by atoms with E-state index in [4.69, 9.17) is 0 Å². The zero-order valence-electron chi connectivity index (χ0n) is 12.7. The van der Waals surface area contributed by atoms with E-state index in [0.29, 0.717) is 6.04 Å². The Balaban J connectivity index is 1.82. The summed E-state index contributed by atoms with van der Waals surface area (Å²) in [5, 5.41) is 3.42. The van der Waals surface area contributed by atoms with Crippen LogP contribution in [0.4, 0.5) is 0 Å². The molecule has 1 N–H and O–H groups in total. The fourth-order valence-corrected chi connectivity index (χ4v) is 4.35. The maximum absolute atomic E-state index is 3.42. The summed E-state index contributed by atoms with van der Waals surface area (Å²) in [7, 11) is 2.08. The molecule has 1 aromatic carbocycles. The van der Waals surface area contributed by atoms with Gasteiger partial charge >= 0.3 is 0 Å². The van der Waals surface area contributed by atoms with Gasteiger partial charge in [-0.25, -0.2) is 0 Å². The summed E-state index contributed by atoms with van der Waals surface area (Å²) < 4.78 is 0. The lowest BCUT2D eigenvalue weighted by molar-refractivity contribution is 0.0254. The van der Waals surface area contributed by atoms with Gasteiger partial charge in [0.25, 0.3) is 0 Å². The van der Waals surface area contributed by atoms with Gasteiger partial charge in [-0.05, 0) is 50.8 Å². The predicted octanol–water partition coefficient (Wildman–Crippen LogP) is 3.60. The molecule has 1 aromatic rings. The van der Waals surface area contributed by atoms with E-state index in [0.717, 1.165) is 18.5 Å². The maximum Gasteiger partial charge on any atom is 0.0475 e. The monoisotopic (exact) mass is 272 g/mol. The molecule has 2 heteroatoms. The smallest absolute Gasteiger partial charge is 0.0475 e. The molecule has 0 aromatic heterocycles. The third-order valence-corrected chi connectivity index (χ3v) is 5.27. The molecule has 20 heavy (non-hydrogen) atoms. The molecule has 3 unspecified atom stereocenters. The van der Waals surface area contributed by atoms with E-state index in [1.54, 1.807) is 0 Å². The Morgan fingerprint density at radius 1 is 1.10 bits per heavy atom. The number of hydrogen-bond donors (Lipinski definition) is 1. The molecule has 1 saturated heterocycles. The minimum Gasteiger partial charge on any atom is -0.318 e. The highest BCUT2D eigenvalue weighted by Crippen LogP contribution is 2.39. The summed E-state index contributed by atoms with van der Waals surface area (Å²) in [4.78, 5) is 2.82. The van der Waals surface area contributed by atoms with E-state index in [1.807, 2.05) is 0 Å². The molecular weight excluding hydrogens is 244 g/mol. The predicted molar refractivity (Wildman–Crippen MR) is 84.8 cm³/mol. The Hall–Kier alpha value is -0.860. The Bertz CT molecular complexity index is 401.